The van der Waals surface area contributed by atoms with Crippen LogP contribution in [0.5, 0.6) is 5.75 Å². The van der Waals surface area contributed by atoms with E-state index in [-0.39, 0.29) is 24.3 Å². The predicted octanol–water partition coefficient (Wildman–Crippen LogP) is -1.33. The highest BCUT2D eigenvalue weighted by Gasteiger charge is 2.50. The number of aromatic hydroxyl groups is 1. The molecule has 3 aliphatic heterocycles. The Hall–Kier alpha value is -5.53. The Morgan fingerprint density at radius 2 is 1.24 bits per heavy atom. The molecule has 15 atom stereocenters. The summed E-state index contributed by atoms with van der Waals surface area (Å²) in [7, 11) is 0. The summed E-state index contributed by atoms with van der Waals surface area (Å²) in [6.07, 6.45) is 2.50. The molecule has 0 aliphatic carbocycles. The molecule has 4 rings (SSSR count). The van der Waals surface area contributed by atoms with Crippen molar-refractivity contribution in [1.82, 2.24) is 36.4 Å². The van der Waals surface area contributed by atoms with E-state index >= 15 is 0 Å². The van der Waals surface area contributed by atoms with Gasteiger partial charge in [-0.25, -0.2) is 0 Å². The lowest BCUT2D eigenvalue weighted by molar-refractivity contribution is -0.148. The van der Waals surface area contributed by atoms with Crippen LogP contribution in [0.15, 0.2) is 48.6 Å². The minimum Gasteiger partial charge on any atom is -0.508 e. The molecule has 1 aromatic rings. The molecule has 0 radical (unpaired) electrons. The van der Waals surface area contributed by atoms with Crippen LogP contribution >= 0.6 is 0 Å². The number of unbranched alkanes of at least 4 members (excludes halogenated alkanes) is 8. The van der Waals surface area contributed by atoms with Crippen LogP contribution in [0.3, 0.4) is 0 Å². The number of hydrogen-bond acceptors (Lipinski definition) is 16. The Bertz CT molecular complexity index is 2110. The second-order valence-corrected chi connectivity index (χ2v) is 20.1. The molecule has 420 valence electrons. The van der Waals surface area contributed by atoms with E-state index in [9.17, 15) is 79.5 Å². The van der Waals surface area contributed by atoms with Gasteiger partial charge in [0, 0.05) is 38.3 Å². The van der Waals surface area contributed by atoms with E-state index in [1.807, 2.05) is 0 Å². The molecule has 23 heteroatoms. The van der Waals surface area contributed by atoms with Crippen LogP contribution in [0.1, 0.15) is 129 Å². The standard InChI is InChI=1S/C52H81N7O16/c1-5-6-7-8-9-10-11-12-13-14-15-16-17-18-19-20-38(65)53-35-26-37(64)48(71)57-50(73)42-43(66)29(2)27-59(42)52(75)40(31(4)61)55-49(72)41(45(68)44(67)32-21-23-33(62)24-22-32)56-47(70)36-25-34(63)28-58(36)51(74)39(30(3)60)54-46(35)69/h9-10,12-13,21-24,29-31,34-37,39-45,48,60-64,66-68,71H,5-8,11,14-20,25-28H2,1-4H3,(H,53,65)(H,54,69)(H,55,72)(H,56,70)(H,57,73)/b10-9+,13-12+/t29-,30+,31+,34-,35-,36-,37+,39-,40-,41-,42-,43-,44-,45-,48+/m0/s1. The Morgan fingerprint density at radius 1 is 0.680 bits per heavy atom. The summed E-state index contributed by atoms with van der Waals surface area (Å²) >= 11 is 0. The number of amides is 7. The molecule has 7 amide bonds. The molecule has 0 saturated carbocycles. The molecule has 23 nitrogen and oxygen atoms in total. The number of nitrogens with zero attached hydrogens (tertiary/aromatic N) is 2. The first kappa shape index (κ1) is 62.0. The number of fused-ring (bicyclic) bond motifs is 2. The van der Waals surface area contributed by atoms with Gasteiger partial charge in [-0.05, 0) is 70.1 Å². The molecule has 1 aromatic carbocycles. The molecule has 3 aliphatic rings. The number of aliphatic hydroxyl groups is 8. The van der Waals surface area contributed by atoms with Crippen LogP contribution in [-0.4, -0.2) is 189 Å². The van der Waals surface area contributed by atoms with Crippen molar-refractivity contribution in [3.8, 4) is 5.75 Å². The molecular weight excluding hydrogens is 979 g/mol. The molecular formula is C52H81N7O16. The molecule has 3 heterocycles. The van der Waals surface area contributed by atoms with Crippen molar-refractivity contribution in [1.29, 1.82) is 0 Å². The summed E-state index contributed by atoms with van der Waals surface area (Å²) in [5.74, 6) is -8.97. The normalized spacial score (nSPS) is 29.4. The zero-order valence-corrected chi connectivity index (χ0v) is 43.4. The third-order valence-electron chi connectivity index (χ3n) is 13.9. The fourth-order valence-electron chi connectivity index (χ4n) is 9.39. The van der Waals surface area contributed by atoms with Crippen molar-refractivity contribution in [3.63, 3.8) is 0 Å². The van der Waals surface area contributed by atoms with Gasteiger partial charge in [-0.15, -0.1) is 0 Å². The number of allylic oxidation sites excluding steroid dienone is 4. The molecule has 3 fully saturated rings. The Morgan fingerprint density at radius 3 is 1.85 bits per heavy atom. The summed E-state index contributed by atoms with van der Waals surface area (Å²) in [6, 6.07) is -6.61. The average Bonchev–Trinajstić information content (AvgIpc) is 3.91. The number of phenolic OH excluding ortho intramolecular Hbond substituents is 1. The number of carbonyl (C=O) groups is 7. The minimum absolute atomic E-state index is 0.0614. The van der Waals surface area contributed by atoms with Gasteiger partial charge in [0.25, 0.3) is 0 Å². The molecule has 14 N–H and O–H groups in total. The molecule has 3 saturated heterocycles. The van der Waals surface area contributed by atoms with Gasteiger partial charge >= 0.3 is 0 Å². The van der Waals surface area contributed by atoms with E-state index in [2.05, 4.69) is 57.8 Å². The fraction of sp³-hybridized carbons (Fsp3) is 0.673. The minimum atomic E-state index is -2.27. The van der Waals surface area contributed by atoms with Crippen LogP contribution in [0.4, 0.5) is 0 Å². The van der Waals surface area contributed by atoms with Crippen molar-refractivity contribution in [3.05, 3.63) is 54.1 Å². The first-order valence-corrected chi connectivity index (χ1v) is 26.2. The van der Waals surface area contributed by atoms with Crippen LogP contribution in [0.2, 0.25) is 0 Å². The highest BCUT2D eigenvalue weighted by molar-refractivity contribution is 5.98. The quantitative estimate of drug-likeness (QED) is 0.0531. The van der Waals surface area contributed by atoms with Gasteiger partial charge in [0.05, 0.1) is 24.4 Å². The van der Waals surface area contributed by atoms with E-state index in [4.69, 9.17) is 0 Å². The summed E-state index contributed by atoms with van der Waals surface area (Å²) in [5, 5.41) is 110. The largest absolute Gasteiger partial charge is 0.508 e. The number of aliphatic hydroxyl groups excluding tert-OH is 8. The second kappa shape index (κ2) is 30.3. The van der Waals surface area contributed by atoms with Crippen LogP contribution < -0.4 is 26.6 Å². The number of rotatable bonds is 20. The van der Waals surface area contributed by atoms with Crippen molar-refractivity contribution < 1.29 is 79.5 Å². The number of phenols is 1. The lowest BCUT2D eigenvalue weighted by atomic mass is 9.96. The van der Waals surface area contributed by atoms with Gasteiger partial charge < -0.3 is 82.3 Å². The van der Waals surface area contributed by atoms with Crippen LogP contribution in [0, 0.1) is 5.92 Å². The van der Waals surface area contributed by atoms with E-state index < -0.39 is 152 Å². The lowest BCUT2D eigenvalue weighted by Crippen LogP contribution is -2.64. The van der Waals surface area contributed by atoms with E-state index in [1.165, 1.54) is 38.3 Å². The van der Waals surface area contributed by atoms with E-state index in [1.54, 1.807) is 0 Å². The maximum Gasteiger partial charge on any atom is 0.248 e. The molecule has 0 aromatic heterocycles. The van der Waals surface area contributed by atoms with E-state index in [0.29, 0.717) is 12.8 Å². The van der Waals surface area contributed by atoms with Gasteiger partial charge in [0.1, 0.15) is 60.3 Å². The zero-order chi connectivity index (χ0) is 55.5. The number of hydrogen-bond donors (Lipinski definition) is 14. The topological polar surface area (TPSA) is 368 Å². The highest BCUT2D eigenvalue weighted by Crippen LogP contribution is 2.28. The van der Waals surface area contributed by atoms with Gasteiger partial charge in [-0.3, -0.25) is 33.6 Å². The van der Waals surface area contributed by atoms with Gasteiger partial charge in [-0.2, -0.15) is 0 Å². The molecule has 0 unspecified atom stereocenters. The highest BCUT2D eigenvalue weighted by atomic mass is 16.3. The number of carbonyl (C=O) groups excluding carboxylic acids is 7. The van der Waals surface area contributed by atoms with Gasteiger partial charge in [-0.1, -0.05) is 82.4 Å². The maximum atomic E-state index is 14.3. The summed E-state index contributed by atoms with van der Waals surface area (Å²) in [5.41, 5.74) is -0.0614. The lowest BCUT2D eigenvalue weighted by Gasteiger charge is -2.34. The van der Waals surface area contributed by atoms with E-state index in [0.717, 1.165) is 74.3 Å². The molecule has 75 heavy (non-hydrogen) atoms. The smallest absolute Gasteiger partial charge is 0.248 e. The number of nitrogens with one attached hydrogen (secondary N) is 5. The van der Waals surface area contributed by atoms with Crippen LogP contribution in [0.25, 0.3) is 0 Å². The monoisotopic (exact) mass is 1060 g/mol. The van der Waals surface area contributed by atoms with Crippen molar-refractivity contribution in [2.45, 2.75) is 203 Å². The average molecular weight is 1060 g/mol. The Labute approximate surface area is 437 Å². The fourth-order valence-corrected chi connectivity index (χ4v) is 9.39. The van der Waals surface area contributed by atoms with Crippen molar-refractivity contribution in [2.75, 3.05) is 13.1 Å². The molecule has 0 spiro atoms. The third-order valence-corrected chi connectivity index (χ3v) is 13.9. The predicted molar refractivity (Wildman–Crippen MR) is 271 cm³/mol. The van der Waals surface area contributed by atoms with Crippen molar-refractivity contribution >= 4 is 41.4 Å². The van der Waals surface area contributed by atoms with Gasteiger partial charge in [0.2, 0.25) is 41.4 Å². The Balaban J connectivity index is 1.62. The maximum absolute atomic E-state index is 14.3. The first-order chi connectivity index (χ1) is 35.6. The molecule has 0 bridgehead atoms. The first-order valence-electron chi connectivity index (χ1n) is 26.2. The number of benzene rings is 1. The SMILES string of the molecule is CCCCC/C=C/C/C=C/CCCCCCCC(=O)N[C@H]1C[C@@H](O)[C@@H](O)NC(=O)[C@@H]2[C@@H](O)[C@@H](C)CN2C(=O)[C@H]([C@@H](C)O)NC(=O)[C@H]([C@H](O)[C@@H](O)c2ccc(O)cc2)NC(=O)[C@@H]2C[C@H](O)CN2C(=O)[C@H]([C@@H](C)O)NC1=O. The van der Waals surface area contributed by atoms with Gasteiger partial charge in [0.15, 0.2) is 6.23 Å². The summed E-state index contributed by atoms with van der Waals surface area (Å²) < 4.78 is 0. The van der Waals surface area contributed by atoms with Crippen LogP contribution in [-0.2, 0) is 33.6 Å². The second-order valence-electron chi connectivity index (χ2n) is 20.1. The summed E-state index contributed by atoms with van der Waals surface area (Å²) in [6.45, 7) is 4.97. The Kier molecular flexibility index (Phi) is 25.0. The summed E-state index contributed by atoms with van der Waals surface area (Å²) in [4.78, 5) is 100. The van der Waals surface area contributed by atoms with Crippen molar-refractivity contribution in [2.24, 2.45) is 5.92 Å². The third kappa shape index (κ3) is 18.0. The zero-order valence-electron chi connectivity index (χ0n) is 43.4.